The van der Waals surface area contributed by atoms with Crippen LogP contribution in [0.5, 0.6) is 5.75 Å². The number of carbonyl (C=O) groups is 2. The number of benzene rings is 2. The third kappa shape index (κ3) is 4.18. The largest absolute Gasteiger partial charge is 0.497 e. The van der Waals surface area contributed by atoms with Crippen LogP contribution in [-0.4, -0.2) is 45.1 Å². The van der Waals surface area contributed by atoms with E-state index < -0.39 is 12.0 Å². The summed E-state index contributed by atoms with van der Waals surface area (Å²) in [5, 5.41) is 9.65. The van der Waals surface area contributed by atoms with Gasteiger partial charge in [-0.1, -0.05) is 40.7 Å². The van der Waals surface area contributed by atoms with Gasteiger partial charge in [-0.05, 0) is 78.3 Å². The second-order valence-corrected chi connectivity index (χ2v) is 10.2. The molecule has 0 radical (unpaired) electrons. The Bertz CT molecular complexity index is 1460. The number of anilines is 1. The SMILES string of the molecule is C=C/C(Br)=C\c1c(C)[nH]c2c1CC1C(=O)N(c3ccc(C(=O)O)cc3)C(=S)N1C2c1ccc(OC)cc1. The van der Waals surface area contributed by atoms with E-state index in [0.717, 1.165) is 38.3 Å². The number of H-pyrrole nitrogens is 1. The molecule has 0 saturated carbocycles. The summed E-state index contributed by atoms with van der Waals surface area (Å²) in [6.45, 7) is 5.85. The lowest BCUT2D eigenvalue weighted by molar-refractivity contribution is -0.120. The van der Waals surface area contributed by atoms with Crippen molar-refractivity contribution in [2.45, 2.75) is 25.4 Å². The van der Waals surface area contributed by atoms with Crippen molar-refractivity contribution >= 4 is 56.9 Å². The molecule has 5 rings (SSSR count). The van der Waals surface area contributed by atoms with Gasteiger partial charge in [-0.2, -0.15) is 0 Å². The summed E-state index contributed by atoms with van der Waals surface area (Å²) in [6.07, 6.45) is 4.21. The average Bonchev–Trinajstić information content (AvgIpc) is 3.34. The maximum absolute atomic E-state index is 13.9. The summed E-state index contributed by atoms with van der Waals surface area (Å²) >= 11 is 9.45. The summed E-state index contributed by atoms with van der Waals surface area (Å²) in [7, 11) is 1.62. The number of amides is 1. The number of nitrogens with zero attached hydrogens (tertiary/aromatic N) is 2. The van der Waals surface area contributed by atoms with Crippen molar-refractivity contribution in [3.63, 3.8) is 0 Å². The van der Waals surface area contributed by atoms with Gasteiger partial charge in [0, 0.05) is 22.3 Å². The third-order valence-corrected chi connectivity index (χ3v) is 7.81. The van der Waals surface area contributed by atoms with Crippen LogP contribution in [0.15, 0.2) is 65.7 Å². The van der Waals surface area contributed by atoms with E-state index in [9.17, 15) is 14.7 Å². The summed E-state index contributed by atoms with van der Waals surface area (Å²) < 4.78 is 6.20. The molecule has 7 nitrogen and oxygen atoms in total. The second-order valence-electron chi connectivity index (χ2n) is 8.90. The lowest BCUT2D eigenvalue weighted by atomic mass is 9.88. The van der Waals surface area contributed by atoms with E-state index in [1.807, 2.05) is 42.2 Å². The molecule has 1 fully saturated rings. The minimum Gasteiger partial charge on any atom is -0.497 e. The predicted molar refractivity (Wildman–Crippen MR) is 150 cm³/mol. The van der Waals surface area contributed by atoms with E-state index in [-0.39, 0.29) is 17.5 Å². The van der Waals surface area contributed by atoms with Crippen LogP contribution in [0.4, 0.5) is 5.69 Å². The van der Waals surface area contributed by atoms with E-state index in [4.69, 9.17) is 17.0 Å². The molecule has 2 unspecified atom stereocenters. The van der Waals surface area contributed by atoms with Gasteiger partial charge in [0.25, 0.3) is 5.91 Å². The van der Waals surface area contributed by atoms with E-state index in [0.29, 0.717) is 17.2 Å². The molecule has 37 heavy (non-hydrogen) atoms. The first-order valence-electron chi connectivity index (χ1n) is 11.6. The van der Waals surface area contributed by atoms with Crippen LogP contribution in [0.1, 0.15) is 44.5 Å². The fourth-order valence-electron chi connectivity index (χ4n) is 5.09. The Labute approximate surface area is 228 Å². The van der Waals surface area contributed by atoms with Crippen LogP contribution in [0.25, 0.3) is 6.08 Å². The molecule has 0 aliphatic carbocycles. The number of carboxylic acids is 1. The van der Waals surface area contributed by atoms with Gasteiger partial charge in [0.2, 0.25) is 0 Å². The molecular formula is C28H24BrN3O4S. The first-order valence-corrected chi connectivity index (χ1v) is 12.8. The van der Waals surface area contributed by atoms with E-state index >= 15 is 0 Å². The zero-order chi connectivity index (χ0) is 26.4. The van der Waals surface area contributed by atoms with Gasteiger partial charge >= 0.3 is 5.97 Å². The van der Waals surface area contributed by atoms with Crippen LogP contribution in [0, 0.1) is 6.92 Å². The lowest BCUT2D eigenvalue weighted by Crippen LogP contribution is -2.44. The molecule has 2 aliphatic heterocycles. The highest BCUT2D eigenvalue weighted by Crippen LogP contribution is 2.45. The number of methoxy groups -OCH3 is 1. The molecule has 9 heteroatoms. The minimum absolute atomic E-state index is 0.143. The molecule has 1 saturated heterocycles. The van der Waals surface area contributed by atoms with Crippen molar-refractivity contribution < 1.29 is 19.4 Å². The third-order valence-electron chi connectivity index (χ3n) is 6.86. The Kier molecular flexibility index (Phi) is 6.51. The predicted octanol–water partition coefficient (Wildman–Crippen LogP) is 5.60. The lowest BCUT2D eigenvalue weighted by Gasteiger charge is -2.37. The zero-order valence-corrected chi connectivity index (χ0v) is 22.6. The average molecular weight is 578 g/mol. The second kappa shape index (κ2) is 9.64. The number of thiocarbonyl (C=S) groups is 1. The number of allylic oxidation sites excluding steroid dienone is 2. The molecule has 3 heterocycles. The number of aromatic nitrogens is 1. The van der Waals surface area contributed by atoms with Crippen molar-refractivity contribution in [1.82, 2.24) is 9.88 Å². The number of halogens is 1. The van der Waals surface area contributed by atoms with Crippen LogP contribution >= 0.6 is 28.1 Å². The van der Waals surface area contributed by atoms with E-state index in [1.165, 1.54) is 17.0 Å². The number of nitrogens with one attached hydrogen (secondary N) is 1. The van der Waals surface area contributed by atoms with Gasteiger partial charge < -0.3 is 19.7 Å². The number of ether oxygens (including phenoxy) is 1. The van der Waals surface area contributed by atoms with E-state index in [1.54, 1.807) is 25.3 Å². The first-order chi connectivity index (χ1) is 17.7. The Morgan fingerprint density at radius 2 is 1.89 bits per heavy atom. The Balaban J connectivity index is 1.65. The van der Waals surface area contributed by atoms with Gasteiger partial charge in [-0.3, -0.25) is 9.69 Å². The minimum atomic E-state index is -1.03. The van der Waals surface area contributed by atoms with Crippen molar-refractivity contribution in [3.05, 3.63) is 99.3 Å². The van der Waals surface area contributed by atoms with Crippen LogP contribution < -0.4 is 9.64 Å². The molecule has 1 amide bonds. The van der Waals surface area contributed by atoms with Crippen LogP contribution in [0.3, 0.4) is 0 Å². The summed E-state index contributed by atoms with van der Waals surface area (Å²) in [5.41, 5.74) is 5.68. The van der Waals surface area contributed by atoms with Gasteiger partial charge in [0.05, 0.1) is 24.4 Å². The zero-order valence-electron chi connectivity index (χ0n) is 20.2. The highest BCUT2D eigenvalue weighted by Gasteiger charge is 2.51. The van der Waals surface area contributed by atoms with E-state index in [2.05, 4.69) is 27.5 Å². The molecule has 1 aromatic heterocycles. The number of fused-ring (bicyclic) bond motifs is 2. The molecule has 0 bridgehead atoms. The van der Waals surface area contributed by atoms with Crippen LogP contribution in [0.2, 0.25) is 0 Å². The number of carboxylic acid groups (broad SMARTS) is 1. The van der Waals surface area contributed by atoms with Crippen molar-refractivity contribution in [2.24, 2.45) is 0 Å². The first kappa shape index (κ1) is 25.0. The Morgan fingerprint density at radius 1 is 1.22 bits per heavy atom. The summed E-state index contributed by atoms with van der Waals surface area (Å²) in [4.78, 5) is 32.2. The van der Waals surface area contributed by atoms with Crippen LogP contribution in [-0.2, 0) is 11.2 Å². The Morgan fingerprint density at radius 3 is 2.49 bits per heavy atom. The molecule has 2 atom stereocenters. The standard InChI is InChI=1S/C28H24BrN3O4S/c1-4-18(29)13-21-15(2)30-24-22(21)14-23-26(33)31(19-9-5-17(6-10-19)27(34)35)28(37)32(23)25(24)16-7-11-20(36-3)12-8-16/h4-13,23,25,30H,1,14H2,2-3H3,(H,34,35)/b18-13+. The highest BCUT2D eigenvalue weighted by atomic mass is 79.9. The van der Waals surface area contributed by atoms with Gasteiger partial charge in [-0.25, -0.2) is 4.79 Å². The fourth-order valence-corrected chi connectivity index (χ4v) is 5.74. The molecule has 2 aliphatic rings. The van der Waals surface area contributed by atoms with Gasteiger partial charge in [0.1, 0.15) is 11.8 Å². The maximum Gasteiger partial charge on any atom is 0.335 e. The molecular weight excluding hydrogens is 554 g/mol. The van der Waals surface area contributed by atoms with Gasteiger partial charge in [0.15, 0.2) is 5.11 Å². The van der Waals surface area contributed by atoms with Crippen molar-refractivity contribution in [3.8, 4) is 5.75 Å². The number of rotatable bonds is 6. The number of aryl methyl sites for hydroxylation is 1. The topological polar surface area (TPSA) is 85.9 Å². The summed E-state index contributed by atoms with van der Waals surface area (Å²) in [6, 6.07) is 13.1. The molecule has 188 valence electrons. The monoisotopic (exact) mass is 577 g/mol. The molecule has 0 spiro atoms. The quantitative estimate of drug-likeness (QED) is 0.293. The Hall–Kier alpha value is -3.69. The number of hydrogen-bond donors (Lipinski definition) is 2. The number of aromatic carboxylic acids is 1. The molecule has 2 aromatic carbocycles. The molecule has 2 N–H and O–H groups in total. The smallest absolute Gasteiger partial charge is 0.335 e. The fraction of sp³-hybridized carbons (Fsp3) is 0.179. The molecule has 3 aromatic rings. The highest BCUT2D eigenvalue weighted by molar-refractivity contribution is 9.12. The normalized spacial score (nSPS) is 19.1. The van der Waals surface area contributed by atoms with Gasteiger partial charge in [-0.15, -0.1) is 0 Å². The number of hydrogen-bond acceptors (Lipinski definition) is 4. The summed E-state index contributed by atoms with van der Waals surface area (Å²) in [5.74, 6) is -0.439. The maximum atomic E-state index is 13.9. The van der Waals surface area contributed by atoms with Crippen molar-refractivity contribution in [1.29, 1.82) is 0 Å². The number of aromatic amines is 1. The number of carbonyl (C=O) groups excluding carboxylic acids is 1. The van der Waals surface area contributed by atoms with Crippen molar-refractivity contribution in [2.75, 3.05) is 12.0 Å².